The highest BCUT2D eigenvalue weighted by molar-refractivity contribution is 5.22. The van der Waals surface area contributed by atoms with Gasteiger partial charge in [-0.2, -0.15) is 0 Å². The first-order chi connectivity index (χ1) is 7.76. The van der Waals surface area contributed by atoms with Crippen LogP contribution in [-0.2, 0) is 13.0 Å². The molecule has 1 aromatic carbocycles. The van der Waals surface area contributed by atoms with Gasteiger partial charge in [-0.3, -0.25) is 4.90 Å². The second kappa shape index (κ2) is 7.39. The van der Waals surface area contributed by atoms with E-state index in [-0.39, 0.29) is 0 Å². The predicted molar refractivity (Wildman–Crippen MR) is 69.2 cm³/mol. The summed E-state index contributed by atoms with van der Waals surface area (Å²) < 4.78 is 0. The molecular weight excluding hydrogens is 198 g/mol. The van der Waals surface area contributed by atoms with E-state index in [1.165, 1.54) is 11.1 Å². The van der Waals surface area contributed by atoms with Gasteiger partial charge in [0, 0.05) is 19.9 Å². The van der Waals surface area contributed by atoms with Gasteiger partial charge >= 0.3 is 0 Å². The van der Waals surface area contributed by atoms with E-state index in [1.54, 1.807) is 0 Å². The SMILES string of the molecule is CCc1ccc(CNCN(C)CNC)cc1. The number of nitrogens with one attached hydrogen (secondary N) is 2. The van der Waals surface area contributed by atoms with Gasteiger partial charge in [-0.25, -0.2) is 0 Å². The molecule has 90 valence electrons. The Morgan fingerprint density at radius 2 is 1.69 bits per heavy atom. The summed E-state index contributed by atoms with van der Waals surface area (Å²) in [6.07, 6.45) is 1.11. The fourth-order valence-electron chi connectivity index (χ4n) is 1.61. The zero-order valence-corrected chi connectivity index (χ0v) is 10.6. The Kier molecular flexibility index (Phi) is 6.08. The van der Waals surface area contributed by atoms with Crippen LogP contribution in [0.2, 0.25) is 0 Å². The van der Waals surface area contributed by atoms with Crippen LogP contribution in [0, 0.1) is 0 Å². The summed E-state index contributed by atoms with van der Waals surface area (Å²) in [6, 6.07) is 8.80. The van der Waals surface area contributed by atoms with Gasteiger partial charge in [0.05, 0.1) is 0 Å². The van der Waals surface area contributed by atoms with Crippen LogP contribution in [0.25, 0.3) is 0 Å². The standard InChI is InChI=1S/C13H23N3/c1-4-12-5-7-13(8-6-12)9-15-11-16(3)10-14-2/h5-8,14-15H,4,9-11H2,1-3H3. The second-order valence-corrected chi connectivity index (χ2v) is 4.12. The van der Waals surface area contributed by atoms with Crippen molar-refractivity contribution in [2.75, 3.05) is 27.4 Å². The van der Waals surface area contributed by atoms with Crippen molar-refractivity contribution in [3.8, 4) is 0 Å². The van der Waals surface area contributed by atoms with Crippen LogP contribution >= 0.6 is 0 Å². The van der Waals surface area contributed by atoms with E-state index in [4.69, 9.17) is 0 Å². The maximum atomic E-state index is 3.41. The Balaban J connectivity index is 2.26. The molecule has 1 rings (SSSR count). The highest BCUT2D eigenvalue weighted by Gasteiger charge is 1.96. The van der Waals surface area contributed by atoms with Crippen LogP contribution in [0.15, 0.2) is 24.3 Å². The number of aryl methyl sites for hydroxylation is 1. The van der Waals surface area contributed by atoms with Crippen LogP contribution in [0.3, 0.4) is 0 Å². The molecule has 3 nitrogen and oxygen atoms in total. The first-order valence-electron chi connectivity index (χ1n) is 5.88. The summed E-state index contributed by atoms with van der Waals surface area (Å²) in [4.78, 5) is 2.19. The van der Waals surface area contributed by atoms with E-state index in [0.29, 0.717) is 0 Å². The molecule has 0 saturated carbocycles. The topological polar surface area (TPSA) is 27.3 Å². The number of rotatable bonds is 7. The molecule has 0 saturated heterocycles. The lowest BCUT2D eigenvalue weighted by Gasteiger charge is -2.16. The summed E-state index contributed by atoms with van der Waals surface area (Å²) in [5.74, 6) is 0. The van der Waals surface area contributed by atoms with Crippen molar-refractivity contribution < 1.29 is 0 Å². The van der Waals surface area contributed by atoms with Crippen LogP contribution < -0.4 is 10.6 Å². The van der Waals surface area contributed by atoms with Crippen molar-refractivity contribution in [2.45, 2.75) is 19.9 Å². The molecule has 0 aliphatic rings. The third-order valence-corrected chi connectivity index (χ3v) is 2.57. The molecule has 0 radical (unpaired) electrons. The van der Waals surface area contributed by atoms with Gasteiger partial charge in [-0.1, -0.05) is 31.2 Å². The molecule has 0 bridgehead atoms. The monoisotopic (exact) mass is 221 g/mol. The maximum Gasteiger partial charge on any atom is 0.0492 e. The lowest BCUT2D eigenvalue weighted by Crippen LogP contribution is -2.36. The average Bonchev–Trinajstić information content (AvgIpc) is 2.30. The van der Waals surface area contributed by atoms with Gasteiger partial charge in [0.1, 0.15) is 0 Å². The first kappa shape index (κ1) is 13.2. The van der Waals surface area contributed by atoms with Crippen molar-refractivity contribution in [2.24, 2.45) is 0 Å². The average molecular weight is 221 g/mol. The highest BCUT2D eigenvalue weighted by Crippen LogP contribution is 2.04. The lowest BCUT2D eigenvalue weighted by atomic mass is 10.1. The van der Waals surface area contributed by atoms with Crippen LogP contribution in [0.5, 0.6) is 0 Å². The zero-order valence-electron chi connectivity index (χ0n) is 10.6. The molecule has 0 spiro atoms. The molecule has 0 atom stereocenters. The maximum absolute atomic E-state index is 3.41. The first-order valence-corrected chi connectivity index (χ1v) is 5.88. The summed E-state index contributed by atoms with van der Waals surface area (Å²) in [5.41, 5.74) is 2.74. The Labute approximate surface area is 98.8 Å². The van der Waals surface area contributed by atoms with Crippen LogP contribution in [0.4, 0.5) is 0 Å². The van der Waals surface area contributed by atoms with Crippen molar-refractivity contribution >= 4 is 0 Å². The molecule has 0 unspecified atom stereocenters. The lowest BCUT2D eigenvalue weighted by molar-refractivity contribution is 0.291. The van der Waals surface area contributed by atoms with Crippen molar-refractivity contribution in [3.05, 3.63) is 35.4 Å². The van der Waals surface area contributed by atoms with E-state index < -0.39 is 0 Å². The zero-order chi connectivity index (χ0) is 11.8. The number of hydrogen-bond donors (Lipinski definition) is 2. The van der Waals surface area contributed by atoms with Crippen molar-refractivity contribution in [3.63, 3.8) is 0 Å². The van der Waals surface area contributed by atoms with Gasteiger partial charge in [0.15, 0.2) is 0 Å². The van der Waals surface area contributed by atoms with Gasteiger partial charge in [-0.15, -0.1) is 0 Å². The van der Waals surface area contributed by atoms with E-state index in [9.17, 15) is 0 Å². The third-order valence-electron chi connectivity index (χ3n) is 2.57. The largest absolute Gasteiger partial charge is 0.307 e. The van der Waals surface area contributed by atoms with Gasteiger partial charge in [0.25, 0.3) is 0 Å². The molecule has 16 heavy (non-hydrogen) atoms. The number of benzene rings is 1. The fraction of sp³-hybridized carbons (Fsp3) is 0.538. The minimum absolute atomic E-state index is 0.899. The van der Waals surface area contributed by atoms with E-state index in [0.717, 1.165) is 26.3 Å². The van der Waals surface area contributed by atoms with Crippen molar-refractivity contribution in [1.29, 1.82) is 0 Å². The third kappa shape index (κ3) is 4.75. The Morgan fingerprint density at radius 1 is 1.06 bits per heavy atom. The molecule has 0 amide bonds. The smallest absolute Gasteiger partial charge is 0.0492 e. The summed E-state index contributed by atoms with van der Waals surface area (Å²) in [5, 5.41) is 6.53. The number of hydrogen-bond acceptors (Lipinski definition) is 3. The second-order valence-electron chi connectivity index (χ2n) is 4.12. The molecule has 3 heteroatoms. The summed E-state index contributed by atoms with van der Waals surface area (Å²) >= 11 is 0. The Hall–Kier alpha value is -0.900. The molecule has 0 heterocycles. The minimum atomic E-state index is 0.899. The quantitative estimate of drug-likeness (QED) is 0.682. The van der Waals surface area contributed by atoms with Gasteiger partial charge < -0.3 is 10.6 Å². The highest BCUT2D eigenvalue weighted by atomic mass is 15.3. The Morgan fingerprint density at radius 3 is 2.25 bits per heavy atom. The fourth-order valence-corrected chi connectivity index (χ4v) is 1.61. The summed E-state index contributed by atoms with van der Waals surface area (Å²) in [6.45, 7) is 4.91. The molecule has 0 aromatic heterocycles. The summed E-state index contributed by atoms with van der Waals surface area (Å²) in [7, 11) is 4.05. The van der Waals surface area contributed by atoms with Crippen LogP contribution in [0.1, 0.15) is 18.1 Å². The molecule has 1 aromatic rings. The van der Waals surface area contributed by atoms with Gasteiger partial charge in [-0.05, 0) is 31.6 Å². The van der Waals surface area contributed by atoms with E-state index in [1.807, 2.05) is 7.05 Å². The molecule has 0 aliphatic carbocycles. The van der Waals surface area contributed by atoms with Crippen LogP contribution in [-0.4, -0.2) is 32.3 Å². The van der Waals surface area contributed by atoms with Crippen molar-refractivity contribution in [1.82, 2.24) is 15.5 Å². The minimum Gasteiger partial charge on any atom is -0.307 e. The molecule has 0 aliphatic heterocycles. The predicted octanol–water partition coefficient (Wildman–Crippen LogP) is 1.40. The molecular formula is C13H23N3. The Bertz CT molecular complexity index is 282. The van der Waals surface area contributed by atoms with E-state index >= 15 is 0 Å². The van der Waals surface area contributed by atoms with Gasteiger partial charge in [0.2, 0.25) is 0 Å². The normalized spacial score (nSPS) is 11.0. The molecule has 0 fully saturated rings. The molecule has 2 N–H and O–H groups in total. The number of nitrogens with zero attached hydrogens (tertiary/aromatic N) is 1. The van der Waals surface area contributed by atoms with E-state index in [2.05, 4.69) is 53.8 Å².